The number of nitrogens with one attached hydrogen (secondary N) is 1. The van der Waals surface area contributed by atoms with E-state index in [-0.39, 0.29) is 23.2 Å². The zero-order valence-electron chi connectivity index (χ0n) is 18.2. The van der Waals surface area contributed by atoms with E-state index >= 15 is 0 Å². The van der Waals surface area contributed by atoms with Crippen LogP contribution >= 0.6 is 0 Å². The molecule has 2 heterocycles. The Bertz CT molecular complexity index is 1250. The van der Waals surface area contributed by atoms with Gasteiger partial charge in [0, 0.05) is 49.6 Å². The fourth-order valence-corrected chi connectivity index (χ4v) is 5.02. The molecule has 2 aromatic carbocycles. The minimum Gasteiger partial charge on any atom is -0.323 e. The Hall–Kier alpha value is -3.30. The van der Waals surface area contributed by atoms with Crippen molar-refractivity contribution in [1.29, 1.82) is 0 Å². The van der Waals surface area contributed by atoms with Gasteiger partial charge in [-0.3, -0.25) is 14.4 Å². The Morgan fingerprint density at radius 2 is 1.76 bits per heavy atom. The summed E-state index contributed by atoms with van der Waals surface area (Å²) in [7, 11) is -1.10. The number of benzene rings is 2. The summed E-state index contributed by atoms with van der Waals surface area (Å²) in [5.74, 6) is -0.189. The van der Waals surface area contributed by atoms with Gasteiger partial charge in [0.05, 0.1) is 23.4 Å². The highest BCUT2D eigenvalue weighted by Crippen LogP contribution is 2.24. The van der Waals surface area contributed by atoms with Gasteiger partial charge in [-0.2, -0.15) is 5.10 Å². The molecule has 1 N–H and O–H groups in total. The number of amides is 1. The lowest BCUT2D eigenvalue weighted by Crippen LogP contribution is -2.39. The molecular formula is C24H25FN4O3S. The molecule has 1 aliphatic heterocycles. The molecule has 3 aromatic rings. The third kappa shape index (κ3) is 5.94. The predicted octanol–water partition coefficient (Wildman–Crippen LogP) is 3.11. The quantitative estimate of drug-likeness (QED) is 0.562. The van der Waals surface area contributed by atoms with Crippen LogP contribution in [0.25, 0.3) is 17.3 Å². The first-order valence-corrected chi connectivity index (χ1v) is 12.4. The number of carbonyl (C=O) groups excluding carboxylic acids is 1. The first-order chi connectivity index (χ1) is 15.8. The van der Waals surface area contributed by atoms with E-state index in [0.717, 1.165) is 22.4 Å². The molecule has 1 saturated heterocycles. The number of aryl methyl sites for hydroxylation is 1. The van der Waals surface area contributed by atoms with Gasteiger partial charge in [0.15, 0.2) is 9.84 Å². The van der Waals surface area contributed by atoms with Crippen molar-refractivity contribution in [3.63, 3.8) is 0 Å². The van der Waals surface area contributed by atoms with Crippen molar-refractivity contribution in [2.75, 3.05) is 29.9 Å². The second-order valence-electron chi connectivity index (χ2n) is 8.03. The number of rotatable bonds is 6. The second-order valence-corrected chi connectivity index (χ2v) is 10.3. The van der Waals surface area contributed by atoms with Crippen molar-refractivity contribution in [1.82, 2.24) is 14.7 Å². The zero-order valence-corrected chi connectivity index (χ0v) is 19.1. The number of anilines is 1. The van der Waals surface area contributed by atoms with Gasteiger partial charge >= 0.3 is 0 Å². The number of sulfone groups is 1. The lowest BCUT2D eigenvalue weighted by atomic mass is 10.1. The Balaban J connectivity index is 1.36. The van der Waals surface area contributed by atoms with E-state index in [1.165, 1.54) is 18.2 Å². The fourth-order valence-electron chi connectivity index (χ4n) is 3.75. The predicted molar refractivity (Wildman–Crippen MR) is 127 cm³/mol. The Kier molecular flexibility index (Phi) is 6.71. The van der Waals surface area contributed by atoms with Crippen LogP contribution in [0, 0.1) is 5.82 Å². The number of nitrogens with zero attached hydrogens (tertiary/aromatic N) is 3. The van der Waals surface area contributed by atoms with E-state index in [0.29, 0.717) is 25.3 Å². The maximum absolute atomic E-state index is 13.2. The molecule has 0 unspecified atom stereocenters. The molecule has 172 valence electrons. The maximum atomic E-state index is 13.2. The van der Waals surface area contributed by atoms with E-state index < -0.39 is 9.84 Å². The van der Waals surface area contributed by atoms with Gasteiger partial charge < -0.3 is 5.32 Å². The van der Waals surface area contributed by atoms with Crippen LogP contribution in [0.1, 0.15) is 11.1 Å². The van der Waals surface area contributed by atoms with Gasteiger partial charge in [-0.15, -0.1) is 0 Å². The Labute approximate surface area is 192 Å². The largest absolute Gasteiger partial charge is 0.323 e. The van der Waals surface area contributed by atoms with Crippen molar-refractivity contribution in [3.8, 4) is 11.3 Å². The molecule has 7 nitrogen and oxygen atoms in total. The van der Waals surface area contributed by atoms with Crippen molar-refractivity contribution in [2.45, 2.75) is 6.54 Å². The number of carbonyl (C=O) groups is 1. The van der Waals surface area contributed by atoms with Crippen LogP contribution in [-0.2, 0) is 28.2 Å². The number of aromatic nitrogens is 2. The smallest absolute Gasteiger partial charge is 0.248 e. The average molecular weight is 469 g/mol. The minimum atomic E-state index is -2.89. The van der Waals surface area contributed by atoms with Gasteiger partial charge in [0.2, 0.25) is 5.91 Å². The lowest BCUT2D eigenvalue weighted by molar-refractivity contribution is -0.111. The molecule has 0 spiro atoms. The molecule has 0 saturated carbocycles. The minimum absolute atomic E-state index is 0.202. The topological polar surface area (TPSA) is 84.3 Å². The van der Waals surface area contributed by atoms with Crippen molar-refractivity contribution < 1.29 is 17.6 Å². The first kappa shape index (κ1) is 22.9. The van der Waals surface area contributed by atoms with Gasteiger partial charge in [-0.25, -0.2) is 12.8 Å². The van der Waals surface area contributed by atoms with Crippen molar-refractivity contribution in [2.24, 2.45) is 7.05 Å². The van der Waals surface area contributed by atoms with Crippen LogP contribution in [0.5, 0.6) is 0 Å². The van der Waals surface area contributed by atoms with Crippen LogP contribution < -0.4 is 5.32 Å². The SMILES string of the molecule is Cn1ncc(/C=C/C(=O)Nc2ccc(CN3CCS(=O)(=O)CC3)cc2)c1-c1ccc(F)cc1. The van der Waals surface area contributed by atoms with Gasteiger partial charge in [0.25, 0.3) is 0 Å². The fraction of sp³-hybridized carbons (Fsp3) is 0.250. The standard InChI is InChI=1S/C24H25FN4O3S/c1-28-24(19-4-7-21(25)8-5-19)20(16-26-28)6-11-23(30)27-22-9-2-18(3-10-22)17-29-12-14-33(31,32)15-13-29/h2-11,16H,12-15,17H2,1H3,(H,27,30)/b11-6+. The summed E-state index contributed by atoms with van der Waals surface area (Å²) in [5, 5.41) is 7.08. The van der Waals surface area contributed by atoms with Crippen LogP contribution in [0.4, 0.5) is 10.1 Å². The summed E-state index contributed by atoms with van der Waals surface area (Å²) >= 11 is 0. The molecule has 1 aliphatic rings. The average Bonchev–Trinajstić information content (AvgIpc) is 3.16. The van der Waals surface area contributed by atoms with E-state index in [9.17, 15) is 17.6 Å². The normalized spacial score (nSPS) is 16.2. The first-order valence-electron chi connectivity index (χ1n) is 10.6. The molecular weight excluding hydrogens is 443 g/mol. The highest BCUT2D eigenvalue weighted by molar-refractivity contribution is 7.91. The third-order valence-electron chi connectivity index (χ3n) is 5.56. The Morgan fingerprint density at radius 3 is 2.42 bits per heavy atom. The molecule has 4 rings (SSSR count). The van der Waals surface area contributed by atoms with Crippen molar-refractivity contribution in [3.05, 3.63) is 77.7 Å². The highest BCUT2D eigenvalue weighted by Gasteiger charge is 2.21. The van der Waals surface area contributed by atoms with Gasteiger partial charge in [-0.05, 0) is 48.0 Å². The molecule has 0 bridgehead atoms. The zero-order chi connectivity index (χ0) is 23.4. The molecule has 1 amide bonds. The summed E-state index contributed by atoms with van der Waals surface area (Å²) in [4.78, 5) is 14.5. The molecule has 1 fully saturated rings. The summed E-state index contributed by atoms with van der Waals surface area (Å²) in [6.45, 7) is 1.76. The van der Waals surface area contributed by atoms with Crippen LogP contribution in [0.3, 0.4) is 0 Å². The number of halogens is 1. The third-order valence-corrected chi connectivity index (χ3v) is 7.17. The van der Waals surface area contributed by atoms with E-state index in [1.54, 1.807) is 36.1 Å². The molecule has 0 atom stereocenters. The monoisotopic (exact) mass is 468 g/mol. The lowest BCUT2D eigenvalue weighted by Gasteiger charge is -2.26. The molecule has 33 heavy (non-hydrogen) atoms. The summed E-state index contributed by atoms with van der Waals surface area (Å²) in [6, 6.07) is 13.6. The summed E-state index contributed by atoms with van der Waals surface area (Å²) in [6.07, 6.45) is 4.77. The number of hydrogen-bond donors (Lipinski definition) is 1. The van der Waals surface area contributed by atoms with E-state index in [2.05, 4.69) is 15.3 Å². The highest BCUT2D eigenvalue weighted by atomic mass is 32.2. The van der Waals surface area contributed by atoms with Gasteiger partial charge in [0.1, 0.15) is 5.82 Å². The van der Waals surface area contributed by atoms with Crippen LogP contribution in [0.15, 0.2) is 60.8 Å². The summed E-state index contributed by atoms with van der Waals surface area (Å²) in [5.41, 5.74) is 4.06. The molecule has 0 radical (unpaired) electrons. The number of hydrogen-bond acceptors (Lipinski definition) is 5. The summed E-state index contributed by atoms with van der Waals surface area (Å²) < 4.78 is 38.0. The molecule has 1 aromatic heterocycles. The maximum Gasteiger partial charge on any atom is 0.248 e. The van der Waals surface area contributed by atoms with E-state index in [4.69, 9.17) is 0 Å². The van der Waals surface area contributed by atoms with Crippen LogP contribution in [0.2, 0.25) is 0 Å². The molecule has 0 aliphatic carbocycles. The Morgan fingerprint density at radius 1 is 1.09 bits per heavy atom. The van der Waals surface area contributed by atoms with Gasteiger partial charge in [-0.1, -0.05) is 12.1 Å². The van der Waals surface area contributed by atoms with E-state index in [1.807, 2.05) is 24.3 Å². The second kappa shape index (κ2) is 9.68. The van der Waals surface area contributed by atoms with Crippen LogP contribution in [-0.4, -0.2) is 53.6 Å². The van der Waals surface area contributed by atoms with Crippen molar-refractivity contribution >= 4 is 27.5 Å². The molecule has 9 heteroatoms.